The summed E-state index contributed by atoms with van der Waals surface area (Å²) in [6, 6.07) is 7.90. The first-order valence-electron chi connectivity index (χ1n) is 7.37. The highest BCUT2D eigenvalue weighted by Gasteiger charge is 2.25. The third-order valence-corrected chi connectivity index (χ3v) is 3.91. The Morgan fingerprint density at radius 2 is 2.04 bits per heavy atom. The van der Waals surface area contributed by atoms with E-state index in [1.807, 2.05) is 12.1 Å². The quantitative estimate of drug-likeness (QED) is 0.689. The Morgan fingerprint density at radius 3 is 2.70 bits per heavy atom. The van der Waals surface area contributed by atoms with Gasteiger partial charge in [0.15, 0.2) is 5.82 Å². The molecule has 1 aliphatic heterocycles. The van der Waals surface area contributed by atoms with Crippen molar-refractivity contribution < 1.29 is 9.31 Å². The molecule has 0 spiro atoms. The van der Waals surface area contributed by atoms with Crippen molar-refractivity contribution in [3.63, 3.8) is 0 Å². The number of nitro benzene ring substituents is 1. The predicted molar refractivity (Wildman–Crippen MR) is 83.9 cm³/mol. The molecule has 1 aromatic carbocycles. The number of nitrogens with one attached hydrogen (secondary N) is 1. The van der Waals surface area contributed by atoms with E-state index in [1.54, 1.807) is 6.20 Å². The van der Waals surface area contributed by atoms with Gasteiger partial charge in [0.1, 0.15) is 5.69 Å². The van der Waals surface area contributed by atoms with Crippen LogP contribution in [0.15, 0.2) is 36.5 Å². The highest BCUT2D eigenvalue weighted by molar-refractivity contribution is 5.62. The summed E-state index contributed by atoms with van der Waals surface area (Å²) in [5.41, 5.74) is -0.267. The Bertz CT molecular complexity index is 690. The minimum absolute atomic E-state index is 0.0587. The molecule has 0 atom stereocenters. The van der Waals surface area contributed by atoms with Crippen molar-refractivity contribution in [3.8, 4) is 0 Å². The SMILES string of the molecule is O=[N+]([O-])c1c(F)cccc1NC1CCN(c2cccnn2)CC1. The number of para-hydroxylation sites is 1. The van der Waals surface area contributed by atoms with Gasteiger partial charge in [-0.1, -0.05) is 6.07 Å². The van der Waals surface area contributed by atoms with Gasteiger partial charge in [-0.2, -0.15) is 9.49 Å². The van der Waals surface area contributed by atoms with E-state index in [0.29, 0.717) is 0 Å². The molecule has 0 radical (unpaired) electrons. The molecule has 1 fully saturated rings. The van der Waals surface area contributed by atoms with Gasteiger partial charge in [0.05, 0.1) is 4.92 Å². The number of nitro groups is 1. The first-order chi connectivity index (χ1) is 11.1. The zero-order valence-corrected chi connectivity index (χ0v) is 12.4. The average molecular weight is 317 g/mol. The van der Waals surface area contributed by atoms with E-state index in [1.165, 1.54) is 12.1 Å². The van der Waals surface area contributed by atoms with Crippen molar-refractivity contribution in [1.82, 2.24) is 10.2 Å². The van der Waals surface area contributed by atoms with Crippen LogP contribution in [0.4, 0.5) is 21.6 Å². The van der Waals surface area contributed by atoms with E-state index in [0.717, 1.165) is 37.8 Å². The maximum atomic E-state index is 13.6. The molecular formula is C15H16FN5O2. The Balaban J connectivity index is 1.66. The molecule has 0 saturated carbocycles. The molecule has 0 amide bonds. The van der Waals surface area contributed by atoms with Gasteiger partial charge < -0.3 is 10.2 Å². The van der Waals surface area contributed by atoms with Gasteiger partial charge in [-0.3, -0.25) is 10.1 Å². The minimum atomic E-state index is -0.822. The van der Waals surface area contributed by atoms with Gasteiger partial charge in [0.2, 0.25) is 5.82 Å². The van der Waals surface area contributed by atoms with Crippen LogP contribution in [0.1, 0.15) is 12.8 Å². The lowest BCUT2D eigenvalue weighted by molar-refractivity contribution is -0.386. The fraction of sp³-hybridized carbons (Fsp3) is 0.333. The first kappa shape index (κ1) is 15.1. The van der Waals surface area contributed by atoms with Crippen LogP contribution in [0.3, 0.4) is 0 Å². The summed E-state index contributed by atoms with van der Waals surface area (Å²) >= 11 is 0. The van der Waals surface area contributed by atoms with Crippen LogP contribution in [-0.4, -0.2) is 34.3 Å². The van der Waals surface area contributed by atoms with Gasteiger partial charge in [0.25, 0.3) is 0 Å². The molecule has 7 nitrogen and oxygen atoms in total. The molecule has 1 aliphatic rings. The number of aromatic nitrogens is 2. The molecule has 1 saturated heterocycles. The largest absolute Gasteiger partial charge is 0.377 e. The van der Waals surface area contributed by atoms with Gasteiger partial charge in [-0.15, -0.1) is 5.10 Å². The van der Waals surface area contributed by atoms with Crippen LogP contribution in [0.2, 0.25) is 0 Å². The summed E-state index contributed by atoms with van der Waals surface area (Å²) in [6.07, 6.45) is 3.19. The van der Waals surface area contributed by atoms with Crippen LogP contribution in [0, 0.1) is 15.9 Å². The van der Waals surface area contributed by atoms with Crippen LogP contribution < -0.4 is 10.2 Å². The molecule has 0 unspecified atom stereocenters. The summed E-state index contributed by atoms with van der Waals surface area (Å²) < 4.78 is 13.6. The molecule has 1 N–H and O–H groups in total. The standard InChI is InChI=1S/C15H16FN5O2/c16-12-3-1-4-13(15(12)21(22)23)18-11-6-9-20(10-7-11)14-5-2-8-17-19-14/h1-5,8,11,18H,6-7,9-10H2. The molecule has 23 heavy (non-hydrogen) atoms. The lowest BCUT2D eigenvalue weighted by atomic mass is 10.0. The van der Waals surface area contributed by atoms with Crippen molar-refractivity contribution in [2.75, 3.05) is 23.3 Å². The fourth-order valence-electron chi connectivity index (χ4n) is 2.75. The normalized spacial score (nSPS) is 15.4. The average Bonchev–Trinajstić information content (AvgIpc) is 2.56. The number of halogens is 1. The zero-order chi connectivity index (χ0) is 16.2. The smallest absolute Gasteiger partial charge is 0.327 e. The number of rotatable bonds is 4. The molecular weight excluding hydrogens is 301 g/mol. The Hall–Kier alpha value is -2.77. The Labute approximate surface area is 132 Å². The van der Waals surface area contributed by atoms with Gasteiger partial charge in [0, 0.05) is 25.3 Å². The number of hydrogen-bond donors (Lipinski definition) is 1. The summed E-state index contributed by atoms with van der Waals surface area (Å²) in [5.74, 6) is -0.000294. The maximum Gasteiger partial charge on any atom is 0.327 e. The van der Waals surface area contributed by atoms with Crippen molar-refractivity contribution >= 4 is 17.2 Å². The second-order valence-electron chi connectivity index (χ2n) is 5.38. The zero-order valence-electron chi connectivity index (χ0n) is 12.4. The van der Waals surface area contributed by atoms with E-state index in [4.69, 9.17) is 0 Å². The van der Waals surface area contributed by atoms with Crippen molar-refractivity contribution in [2.24, 2.45) is 0 Å². The first-order valence-corrected chi connectivity index (χ1v) is 7.37. The van der Waals surface area contributed by atoms with Crippen LogP contribution in [0.25, 0.3) is 0 Å². The Kier molecular flexibility index (Phi) is 4.31. The van der Waals surface area contributed by atoms with Crippen LogP contribution in [0.5, 0.6) is 0 Å². The van der Waals surface area contributed by atoms with E-state index < -0.39 is 16.4 Å². The minimum Gasteiger partial charge on any atom is -0.377 e. The molecule has 2 aromatic rings. The fourth-order valence-corrected chi connectivity index (χ4v) is 2.75. The van der Waals surface area contributed by atoms with E-state index in [9.17, 15) is 14.5 Å². The second kappa shape index (κ2) is 6.55. The van der Waals surface area contributed by atoms with E-state index in [-0.39, 0.29) is 11.7 Å². The number of nitrogens with zero attached hydrogens (tertiary/aromatic N) is 4. The van der Waals surface area contributed by atoms with Gasteiger partial charge in [-0.25, -0.2) is 0 Å². The maximum absolute atomic E-state index is 13.6. The van der Waals surface area contributed by atoms with E-state index in [2.05, 4.69) is 20.4 Å². The highest BCUT2D eigenvalue weighted by atomic mass is 19.1. The molecule has 3 rings (SSSR count). The van der Waals surface area contributed by atoms with Crippen molar-refractivity contribution in [2.45, 2.75) is 18.9 Å². The van der Waals surface area contributed by atoms with Gasteiger partial charge >= 0.3 is 5.69 Å². The Morgan fingerprint density at radius 1 is 1.26 bits per heavy atom. The van der Waals surface area contributed by atoms with E-state index >= 15 is 0 Å². The molecule has 2 heterocycles. The van der Waals surface area contributed by atoms with Gasteiger partial charge in [-0.05, 0) is 37.1 Å². The third-order valence-electron chi connectivity index (χ3n) is 3.91. The third kappa shape index (κ3) is 3.36. The summed E-state index contributed by atoms with van der Waals surface area (Å²) in [4.78, 5) is 12.5. The molecule has 0 aliphatic carbocycles. The summed E-state index contributed by atoms with van der Waals surface area (Å²) in [6.45, 7) is 1.53. The number of hydrogen-bond acceptors (Lipinski definition) is 6. The predicted octanol–water partition coefficient (Wildman–Crippen LogP) is 2.60. The topological polar surface area (TPSA) is 84.2 Å². The van der Waals surface area contributed by atoms with Crippen molar-refractivity contribution in [3.05, 3.63) is 52.5 Å². The second-order valence-corrected chi connectivity index (χ2v) is 5.38. The van der Waals surface area contributed by atoms with Crippen LogP contribution in [-0.2, 0) is 0 Å². The summed E-state index contributed by atoms with van der Waals surface area (Å²) in [7, 11) is 0. The van der Waals surface area contributed by atoms with Crippen LogP contribution >= 0.6 is 0 Å². The highest BCUT2D eigenvalue weighted by Crippen LogP contribution is 2.29. The number of anilines is 2. The number of piperidine rings is 1. The molecule has 1 aromatic heterocycles. The number of benzene rings is 1. The lowest BCUT2D eigenvalue weighted by Crippen LogP contribution is -2.39. The summed E-state index contributed by atoms with van der Waals surface area (Å²) in [5, 5.41) is 22.1. The monoisotopic (exact) mass is 317 g/mol. The van der Waals surface area contributed by atoms with Crippen molar-refractivity contribution in [1.29, 1.82) is 0 Å². The lowest BCUT2D eigenvalue weighted by Gasteiger charge is -2.33. The molecule has 0 bridgehead atoms. The molecule has 8 heteroatoms. The molecule has 120 valence electrons.